The Morgan fingerprint density at radius 3 is 1.32 bits per heavy atom. The van der Waals surface area contributed by atoms with Crippen molar-refractivity contribution >= 4 is 75.6 Å². The molecule has 2 aliphatic heterocycles. The van der Waals surface area contributed by atoms with Crippen LogP contribution in [0, 0.1) is 0 Å². The van der Waals surface area contributed by atoms with Crippen molar-refractivity contribution in [2.45, 2.75) is 134 Å². The first-order chi connectivity index (χ1) is 33.5. The van der Waals surface area contributed by atoms with Gasteiger partial charge in [0.25, 0.3) is 0 Å². The van der Waals surface area contributed by atoms with Crippen LogP contribution in [0.5, 0.6) is 0 Å². The summed E-state index contributed by atoms with van der Waals surface area (Å²) in [4.78, 5) is 118. The van der Waals surface area contributed by atoms with Crippen molar-refractivity contribution < 1.29 is 105 Å². The minimum atomic E-state index is -1.53. The Morgan fingerprint density at radius 1 is 0.493 bits per heavy atom. The molecule has 1 N–H and O–H groups in total. The Kier molecular flexibility index (Phi) is 21.4. The van der Waals surface area contributed by atoms with Gasteiger partial charge >= 0.3 is 53.8 Å². The SMILES string of the molecule is CC(=O)OCC1O[C@H](Br)C(OC(C)=O)[C@@H](OC(C)=O)[C@@H]1OC(C)=O.CC(=O)OCC1O[C@H](OC[C@H](NC(=O)OCC2c3ccccc3-c3ccccc32)C(C)=O)C(OC(C)=O)[C@@H](OC(C)=O)[C@@H]1OC(C)=O. The molecule has 388 valence electrons. The molecule has 3 aliphatic rings. The van der Waals surface area contributed by atoms with Gasteiger partial charge in [0, 0.05) is 61.3 Å². The van der Waals surface area contributed by atoms with E-state index in [2.05, 4.69) is 21.2 Å². The van der Waals surface area contributed by atoms with Crippen molar-refractivity contribution in [3.63, 3.8) is 0 Å². The van der Waals surface area contributed by atoms with E-state index in [0.717, 1.165) is 63.8 Å². The number of carbonyl (C=O) groups excluding carboxylic acids is 10. The summed E-state index contributed by atoms with van der Waals surface area (Å²) in [5.74, 6) is -6.31. The number of fused-ring (bicyclic) bond motifs is 3. The number of amides is 1. The molecule has 71 heavy (non-hydrogen) atoms. The lowest BCUT2D eigenvalue weighted by molar-refractivity contribution is -0.308. The number of halogens is 1. The molecule has 2 fully saturated rings. The maximum atomic E-state index is 12.9. The second kappa shape index (κ2) is 26.6. The minimum absolute atomic E-state index is 0.00499. The molecule has 5 rings (SSSR count). The molecule has 2 heterocycles. The van der Waals surface area contributed by atoms with Crippen LogP contribution in [0.4, 0.5) is 4.79 Å². The quantitative estimate of drug-likeness (QED) is 0.135. The molecule has 1 aliphatic carbocycles. The largest absolute Gasteiger partial charge is 0.463 e. The third-order valence-electron chi connectivity index (χ3n) is 10.4. The summed E-state index contributed by atoms with van der Waals surface area (Å²) >= 11 is 3.18. The molecule has 4 unspecified atom stereocenters. The van der Waals surface area contributed by atoms with Crippen molar-refractivity contribution in [1.29, 1.82) is 0 Å². The number of carbonyl (C=O) groups is 10. The zero-order chi connectivity index (χ0) is 52.7. The lowest BCUT2D eigenvalue weighted by Gasteiger charge is -2.44. The van der Waals surface area contributed by atoms with Gasteiger partial charge < -0.3 is 62.2 Å². The zero-order valence-electron chi connectivity index (χ0n) is 40.2. The van der Waals surface area contributed by atoms with Crippen LogP contribution < -0.4 is 5.32 Å². The molecular weight excluding hydrogens is 1010 g/mol. The van der Waals surface area contributed by atoms with E-state index in [1.807, 2.05) is 48.5 Å². The van der Waals surface area contributed by atoms with Gasteiger partial charge in [-0.2, -0.15) is 0 Å². The molecular formula is C47H56BrNO22. The highest BCUT2D eigenvalue weighted by Gasteiger charge is 2.54. The lowest BCUT2D eigenvalue weighted by Crippen LogP contribution is -2.63. The Hall–Kier alpha value is -6.50. The fraction of sp³-hybridized carbons (Fsp3) is 0.532. The van der Waals surface area contributed by atoms with E-state index in [0.29, 0.717) is 0 Å². The van der Waals surface area contributed by atoms with Crippen molar-refractivity contribution in [1.82, 2.24) is 5.32 Å². The maximum absolute atomic E-state index is 12.9. The van der Waals surface area contributed by atoms with E-state index in [1.165, 1.54) is 20.8 Å². The van der Waals surface area contributed by atoms with Gasteiger partial charge in [-0.1, -0.05) is 64.5 Å². The van der Waals surface area contributed by atoms with Crippen LogP contribution in [0.3, 0.4) is 0 Å². The number of nitrogens with one attached hydrogen (secondary N) is 1. The average molecular weight is 1070 g/mol. The summed E-state index contributed by atoms with van der Waals surface area (Å²) in [6, 6.07) is 14.4. The zero-order valence-corrected chi connectivity index (χ0v) is 41.8. The molecule has 0 aromatic heterocycles. The number of hydrogen-bond acceptors (Lipinski definition) is 22. The number of benzene rings is 2. The van der Waals surface area contributed by atoms with E-state index < -0.39 is 139 Å². The van der Waals surface area contributed by atoms with Gasteiger partial charge in [0.2, 0.25) is 0 Å². The summed E-state index contributed by atoms with van der Waals surface area (Å²) < 4.78 is 64.3. The summed E-state index contributed by atoms with van der Waals surface area (Å²) in [6.07, 6.45) is -12.2. The van der Waals surface area contributed by atoms with Crippen LogP contribution in [-0.2, 0) is 100.0 Å². The van der Waals surface area contributed by atoms with Gasteiger partial charge in [-0.25, -0.2) is 4.79 Å². The predicted octanol–water partition coefficient (Wildman–Crippen LogP) is 3.05. The first-order valence-corrected chi connectivity index (χ1v) is 22.9. The topological polar surface area (TPSA) is 293 Å². The van der Waals surface area contributed by atoms with Crippen LogP contribution in [0.1, 0.15) is 79.4 Å². The van der Waals surface area contributed by atoms with Crippen LogP contribution in [-0.4, -0.2) is 152 Å². The molecule has 0 radical (unpaired) electrons. The Morgan fingerprint density at radius 2 is 0.887 bits per heavy atom. The number of rotatable bonds is 17. The van der Waals surface area contributed by atoms with Crippen LogP contribution in [0.15, 0.2) is 48.5 Å². The summed E-state index contributed by atoms with van der Waals surface area (Å²) in [7, 11) is 0. The number of hydrogen-bond donors (Lipinski definition) is 1. The lowest BCUT2D eigenvalue weighted by atomic mass is 9.98. The molecule has 2 saturated heterocycles. The van der Waals surface area contributed by atoms with Crippen LogP contribution in [0.2, 0.25) is 0 Å². The highest BCUT2D eigenvalue weighted by Crippen LogP contribution is 2.44. The van der Waals surface area contributed by atoms with Crippen molar-refractivity contribution in [2.24, 2.45) is 0 Å². The normalized spacial score (nSPS) is 24.5. The van der Waals surface area contributed by atoms with E-state index in [-0.39, 0.29) is 19.1 Å². The number of Topliss-reactive ketones (excluding diaryl/α,β-unsaturated/α-hetero) is 1. The fourth-order valence-electron chi connectivity index (χ4n) is 7.73. The third kappa shape index (κ3) is 16.8. The van der Waals surface area contributed by atoms with Crippen LogP contribution in [0.25, 0.3) is 11.1 Å². The smallest absolute Gasteiger partial charge is 0.407 e. The van der Waals surface area contributed by atoms with Crippen LogP contribution >= 0.6 is 15.9 Å². The van der Waals surface area contributed by atoms with Crippen molar-refractivity contribution in [2.75, 3.05) is 26.4 Å². The third-order valence-corrected chi connectivity index (χ3v) is 11.2. The van der Waals surface area contributed by atoms with Gasteiger partial charge in [-0.15, -0.1) is 0 Å². The molecule has 0 spiro atoms. The molecule has 24 heteroatoms. The Labute approximate surface area is 416 Å². The first kappa shape index (κ1) is 57.1. The van der Waals surface area contributed by atoms with Gasteiger partial charge in [0.1, 0.15) is 38.1 Å². The standard InChI is InChI=1S/C33H37NO13.C14H19BrO9/c1-17(35)27(34-33(40)43-14-26-24-12-8-6-10-22(24)23-11-7-9-13-25(23)26)15-42-32-31(46-21(5)39)30(45-20(4)38)29(44-19(3)37)28(47-32)16-41-18(2)36;1-6(16)20-5-10-11(21-7(2)17)12(22-8(3)18)13(14(15)24-10)23-9(4)19/h6-13,26-32H,14-16H2,1-5H3,(H,34,40);10-14H,5H2,1-4H3/t27-,28?,29+,30-,31?,32-;10?,11-,12+,13?,14+/m01/s1. The highest BCUT2D eigenvalue weighted by atomic mass is 79.9. The number of ether oxygens (including phenoxy) is 12. The summed E-state index contributed by atoms with van der Waals surface area (Å²) in [6.45, 7) is 9.19. The second-order valence-corrected chi connectivity index (χ2v) is 17.0. The number of alkyl halides is 1. The molecule has 23 nitrogen and oxygen atoms in total. The van der Waals surface area contributed by atoms with E-state index >= 15 is 0 Å². The minimum Gasteiger partial charge on any atom is -0.463 e. The van der Waals surface area contributed by atoms with E-state index in [4.69, 9.17) is 56.8 Å². The number of esters is 8. The second-order valence-electron chi connectivity index (χ2n) is 16.1. The van der Waals surface area contributed by atoms with E-state index in [9.17, 15) is 47.9 Å². The highest BCUT2D eigenvalue weighted by molar-refractivity contribution is 9.09. The number of ketones is 1. The van der Waals surface area contributed by atoms with Gasteiger partial charge in [0.15, 0.2) is 53.7 Å². The maximum Gasteiger partial charge on any atom is 0.407 e. The van der Waals surface area contributed by atoms with Crippen molar-refractivity contribution in [3.05, 3.63) is 59.7 Å². The van der Waals surface area contributed by atoms with Crippen molar-refractivity contribution in [3.8, 4) is 11.1 Å². The fourth-order valence-corrected chi connectivity index (χ4v) is 8.42. The molecule has 2 aromatic rings. The molecule has 2 aromatic carbocycles. The Bertz CT molecular complexity index is 2240. The summed E-state index contributed by atoms with van der Waals surface area (Å²) in [5.41, 5.74) is 4.13. The van der Waals surface area contributed by atoms with Gasteiger partial charge in [0.05, 0.1) is 6.61 Å². The first-order valence-electron chi connectivity index (χ1n) is 22.0. The molecule has 11 atom stereocenters. The molecule has 0 saturated carbocycles. The Balaban J connectivity index is 0.000000384. The molecule has 0 bridgehead atoms. The predicted molar refractivity (Wildman–Crippen MR) is 241 cm³/mol. The number of alkyl carbamates (subject to hydrolysis) is 1. The summed E-state index contributed by atoms with van der Waals surface area (Å²) in [5, 5.41) is 1.63. The molecule has 1 amide bonds. The van der Waals surface area contributed by atoms with Gasteiger partial charge in [-0.3, -0.25) is 43.2 Å². The average Bonchev–Trinajstić information content (AvgIpc) is 3.59. The monoisotopic (exact) mass is 1070 g/mol. The van der Waals surface area contributed by atoms with Gasteiger partial charge in [-0.05, 0) is 29.2 Å². The van der Waals surface area contributed by atoms with E-state index in [1.54, 1.807) is 0 Å².